The summed E-state index contributed by atoms with van der Waals surface area (Å²) in [6, 6.07) is 2.89. The van der Waals surface area contributed by atoms with Crippen LogP contribution < -0.4 is 11.4 Å². The van der Waals surface area contributed by atoms with Crippen LogP contribution in [0.15, 0.2) is 21.7 Å². The van der Waals surface area contributed by atoms with Crippen LogP contribution in [0.2, 0.25) is 0 Å². The van der Waals surface area contributed by atoms with Gasteiger partial charge in [0.25, 0.3) is 0 Å². The number of benzene rings is 1. The molecule has 0 unspecified atom stereocenters. The standard InChI is InChI=1S/C11H11N3O4/c1-5-3-7(4-8(6(5)2)9(15)16)14-10(17)12-13-11(14)18/h3-4H,1-2H3,(H,12,17)(H,13,18)(H,15,16). The maximum absolute atomic E-state index is 11.4. The van der Waals surface area contributed by atoms with E-state index in [0.717, 1.165) is 4.57 Å². The second-order valence-corrected chi connectivity index (χ2v) is 3.94. The second-order valence-electron chi connectivity index (χ2n) is 3.94. The van der Waals surface area contributed by atoms with Gasteiger partial charge < -0.3 is 5.11 Å². The lowest BCUT2D eigenvalue weighted by Crippen LogP contribution is -2.25. The molecular weight excluding hydrogens is 238 g/mol. The van der Waals surface area contributed by atoms with E-state index in [4.69, 9.17) is 5.11 Å². The van der Waals surface area contributed by atoms with Crippen LogP contribution in [0.25, 0.3) is 5.69 Å². The minimum Gasteiger partial charge on any atom is -0.478 e. The Morgan fingerprint density at radius 2 is 1.72 bits per heavy atom. The van der Waals surface area contributed by atoms with Crippen molar-refractivity contribution in [2.24, 2.45) is 0 Å². The number of hydrogen-bond donors (Lipinski definition) is 3. The molecule has 0 atom stereocenters. The van der Waals surface area contributed by atoms with Gasteiger partial charge >= 0.3 is 17.3 Å². The first-order valence-corrected chi connectivity index (χ1v) is 5.16. The van der Waals surface area contributed by atoms with Crippen LogP contribution in [0.5, 0.6) is 0 Å². The lowest BCUT2D eigenvalue weighted by molar-refractivity contribution is 0.0696. The van der Waals surface area contributed by atoms with E-state index in [1.165, 1.54) is 6.07 Å². The van der Waals surface area contributed by atoms with Crippen molar-refractivity contribution in [2.45, 2.75) is 13.8 Å². The molecule has 18 heavy (non-hydrogen) atoms. The number of hydrogen-bond acceptors (Lipinski definition) is 3. The van der Waals surface area contributed by atoms with Gasteiger partial charge in [0.05, 0.1) is 11.3 Å². The van der Waals surface area contributed by atoms with E-state index in [2.05, 4.69) is 10.2 Å². The van der Waals surface area contributed by atoms with Crippen LogP contribution in [-0.4, -0.2) is 25.8 Å². The van der Waals surface area contributed by atoms with Crippen LogP contribution in [0.3, 0.4) is 0 Å². The molecule has 0 aliphatic carbocycles. The molecule has 0 fully saturated rings. The Hall–Kier alpha value is -2.57. The molecular formula is C11H11N3O4. The van der Waals surface area contributed by atoms with Crippen LogP contribution in [0.4, 0.5) is 0 Å². The van der Waals surface area contributed by atoms with Gasteiger partial charge in [-0.3, -0.25) is 0 Å². The SMILES string of the molecule is Cc1cc(-n2c(=O)[nH][nH]c2=O)cc(C(=O)O)c1C. The third-order valence-corrected chi connectivity index (χ3v) is 2.82. The maximum Gasteiger partial charge on any atom is 0.348 e. The summed E-state index contributed by atoms with van der Waals surface area (Å²) in [6.45, 7) is 3.39. The van der Waals surface area contributed by atoms with Crippen LogP contribution in [-0.2, 0) is 0 Å². The van der Waals surface area contributed by atoms with Gasteiger partial charge in [0, 0.05) is 0 Å². The number of aromatic amines is 2. The Morgan fingerprint density at radius 1 is 1.17 bits per heavy atom. The molecule has 0 aliphatic heterocycles. The average molecular weight is 249 g/mol. The zero-order valence-corrected chi connectivity index (χ0v) is 9.77. The van der Waals surface area contributed by atoms with Crippen molar-refractivity contribution in [1.29, 1.82) is 0 Å². The fraction of sp³-hybridized carbons (Fsp3) is 0.182. The number of carbonyl (C=O) groups is 1. The lowest BCUT2D eigenvalue weighted by Gasteiger charge is -2.08. The molecule has 2 rings (SSSR count). The molecule has 0 radical (unpaired) electrons. The van der Waals surface area contributed by atoms with Gasteiger partial charge in [-0.1, -0.05) is 0 Å². The topological polar surface area (TPSA) is 108 Å². The number of nitrogens with zero attached hydrogens (tertiary/aromatic N) is 1. The van der Waals surface area contributed by atoms with Crippen molar-refractivity contribution in [3.05, 3.63) is 49.8 Å². The minimum absolute atomic E-state index is 0.0671. The predicted octanol–water partition coefficient (Wildman–Crippen LogP) is 0.169. The van der Waals surface area contributed by atoms with Gasteiger partial charge in [0.15, 0.2) is 0 Å². The molecule has 94 valence electrons. The Kier molecular flexibility index (Phi) is 2.66. The van der Waals surface area contributed by atoms with Crippen LogP contribution in [0, 0.1) is 13.8 Å². The third-order valence-electron chi connectivity index (χ3n) is 2.82. The highest BCUT2D eigenvalue weighted by Gasteiger charge is 2.14. The molecule has 7 nitrogen and oxygen atoms in total. The van der Waals surface area contributed by atoms with E-state index in [9.17, 15) is 14.4 Å². The Bertz CT molecular complexity index is 708. The van der Waals surface area contributed by atoms with E-state index in [0.29, 0.717) is 11.1 Å². The second kappa shape index (κ2) is 4.02. The third kappa shape index (κ3) is 1.75. The fourth-order valence-electron chi connectivity index (χ4n) is 1.74. The maximum atomic E-state index is 11.4. The molecule has 0 aliphatic rings. The highest BCUT2D eigenvalue weighted by molar-refractivity contribution is 5.90. The first-order valence-electron chi connectivity index (χ1n) is 5.16. The van der Waals surface area contributed by atoms with E-state index >= 15 is 0 Å². The smallest absolute Gasteiger partial charge is 0.348 e. The Labute approximate surface area is 101 Å². The van der Waals surface area contributed by atoms with Crippen LogP contribution >= 0.6 is 0 Å². The van der Waals surface area contributed by atoms with Crippen molar-refractivity contribution in [1.82, 2.24) is 14.8 Å². The van der Waals surface area contributed by atoms with E-state index in [1.54, 1.807) is 19.9 Å². The first-order chi connectivity index (χ1) is 8.41. The summed E-state index contributed by atoms with van der Waals surface area (Å²) in [5, 5.41) is 13.4. The summed E-state index contributed by atoms with van der Waals surface area (Å²) in [6.07, 6.45) is 0. The van der Waals surface area contributed by atoms with Gasteiger partial charge in [-0.15, -0.1) is 0 Å². The minimum atomic E-state index is -1.10. The average Bonchev–Trinajstić information content (AvgIpc) is 2.62. The number of aromatic carboxylic acids is 1. The highest BCUT2D eigenvalue weighted by Crippen LogP contribution is 2.17. The quantitative estimate of drug-likeness (QED) is 0.704. The number of H-pyrrole nitrogens is 2. The van der Waals surface area contributed by atoms with Gasteiger partial charge in [-0.05, 0) is 37.1 Å². The summed E-state index contributed by atoms with van der Waals surface area (Å²) < 4.78 is 0.846. The number of aryl methyl sites for hydroxylation is 1. The molecule has 0 bridgehead atoms. The molecule has 1 aromatic heterocycles. The molecule has 1 heterocycles. The zero-order chi connectivity index (χ0) is 13.4. The number of carboxylic acid groups (broad SMARTS) is 1. The lowest BCUT2D eigenvalue weighted by atomic mass is 10.0. The molecule has 0 saturated heterocycles. The Morgan fingerprint density at radius 3 is 2.22 bits per heavy atom. The number of aromatic nitrogens is 3. The molecule has 7 heteroatoms. The Balaban J connectivity index is 2.79. The van der Waals surface area contributed by atoms with Gasteiger partial charge in [0.2, 0.25) is 0 Å². The van der Waals surface area contributed by atoms with Crippen molar-refractivity contribution >= 4 is 5.97 Å². The molecule has 0 saturated carbocycles. The summed E-state index contributed by atoms with van der Waals surface area (Å²) in [5.41, 5.74) is 0.309. The van der Waals surface area contributed by atoms with Crippen molar-refractivity contribution < 1.29 is 9.90 Å². The first kappa shape index (κ1) is 11.9. The van der Waals surface area contributed by atoms with E-state index in [-0.39, 0.29) is 11.3 Å². The number of rotatable bonds is 2. The summed E-state index contributed by atoms with van der Waals surface area (Å²) in [5.74, 6) is -1.10. The van der Waals surface area contributed by atoms with Crippen molar-refractivity contribution in [2.75, 3.05) is 0 Å². The van der Waals surface area contributed by atoms with Crippen LogP contribution in [0.1, 0.15) is 21.5 Å². The highest BCUT2D eigenvalue weighted by atomic mass is 16.4. The summed E-state index contributed by atoms with van der Waals surface area (Å²) >= 11 is 0. The number of nitrogens with one attached hydrogen (secondary N) is 2. The zero-order valence-electron chi connectivity index (χ0n) is 9.77. The van der Waals surface area contributed by atoms with Gasteiger partial charge in [0.1, 0.15) is 0 Å². The van der Waals surface area contributed by atoms with E-state index < -0.39 is 17.3 Å². The summed E-state index contributed by atoms with van der Waals surface area (Å²) in [7, 11) is 0. The molecule has 2 aromatic rings. The van der Waals surface area contributed by atoms with Gasteiger partial charge in [-0.2, -0.15) is 0 Å². The molecule has 3 N–H and O–H groups in total. The molecule has 0 spiro atoms. The normalized spacial score (nSPS) is 10.6. The van der Waals surface area contributed by atoms with Crippen molar-refractivity contribution in [3.8, 4) is 5.69 Å². The fourth-order valence-corrected chi connectivity index (χ4v) is 1.74. The molecule has 1 aromatic carbocycles. The van der Waals surface area contributed by atoms with Gasteiger partial charge in [-0.25, -0.2) is 29.1 Å². The summed E-state index contributed by atoms with van der Waals surface area (Å²) in [4.78, 5) is 34.0. The monoisotopic (exact) mass is 249 g/mol. The van der Waals surface area contributed by atoms with Crippen molar-refractivity contribution in [3.63, 3.8) is 0 Å². The number of carboxylic acids is 1. The molecule has 0 amide bonds. The predicted molar refractivity (Wildman–Crippen MR) is 63.4 cm³/mol. The largest absolute Gasteiger partial charge is 0.478 e. The van der Waals surface area contributed by atoms with E-state index in [1.807, 2.05) is 0 Å².